The summed E-state index contributed by atoms with van der Waals surface area (Å²) < 4.78 is 3.17. The minimum atomic E-state index is 0.260. The Hall–Kier alpha value is -0.360. The molecule has 0 amide bonds. The number of hydrogen-bond donors (Lipinski definition) is 1. The summed E-state index contributed by atoms with van der Waals surface area (Å²) in [5.41, 5.74) is 2.11. The van der Waals surface area contributed by atoms with Crippen molar-refractivity contribution in [2.75, 3.05) is 7.05 Å². The van der Waals surface area contributed by atoms with Gasteiger partial charge in [-0.05, 0) is 48.5 Å². The number of rotatable bonds is 6. The highest BCUT2D eigenvalue weighted by molar-refractivity contribution is 9.11. The fraction of sp³-hybridized carbons (Fsp3) is 0.500. The molecule has 110 valence electrons. The molecule has 1 atom stereocenters. The highest BCUT2D eigenvalue weighted by atomic mass is 79.9. The SMILES string of the molecule is CCc1nn(CC)c(CC(NC)c2ccc(Br)s2)c1Cl. The van der Waals surface area contributed by atoms with Gasteiger partial charge in [-0.15, -0.1) is 11.3 Å². The van der Waals surface area contributed by atoms with Crippen LogP contribution in [-0.2, 0) is 19.4 Å². The lowest BCUT2D eigenvalue weighted by atomic mass is 10.1. The second-order valence-electron chi connectivity index (χ2n) is 4.56. The minimum absolute atomic E-state index is 0.260. The van der Waals surface area contributed by atoms with Crippen molar-refractivity contribution in [1.82, 2.24) is 15.1 Å². The van der Waals surface area contributed by atoms with E-state index in [2.05, 4.69) is 52.3 Å². The number of nitrogens with one attached hydrogen (secondary N) is 1. The maximum atomic E-state index is 6.49. The normalized spacial score (nSPS) is 12.8. The summed E-state index contributed by atoms with van der Waals surface area (Å²) >= 11 is 11.8. The standard InChI is InChI=1S/C14H19BrClN3S/c1-4-9-14(16)11(19(5-2)18-9)8-10(17-3)12-6-7-13(15)20-12/h6-7,10,17H,4-5,8H2,1-3H3. The molecule has 0 aliphatic rings. The molecule has 0 spiro atoms. The first-order chi connectivity index (χ1) is 9.60. The molecule has 20 heavy (non-hydrogen) atoms. The van der Waals surface area contributed by atoms with Crippen molar-refractivity contribution in [2.24, 2.45) is 0 Å². The Kier molecular flexibility index (Phi) is 5.66. The first-order valence-corrected chi connectivity index (χ1v) is 8.75. The average Bonchev–Trinajstić information content (AvgIpc) is 3.00. The van der Waals surface area contributed by atoms with Gasteiger partial charge in [0, 0.05) is 23.9 Å². The van der Waals surface area contributed by atoms with Gasteiger partial charge in [0.15, 0.2) is 0 Å². The van der Waals surface area contributed by atoms with Crippen LogP contribution in [0.4, 0.5) is 0 Å². The summed E-state index contributed by atoms with van der Waals surface area (Å²) in [6.45, 7) is 5.03. The molecular weight excluding hydrogens is 358 g/mol. The molecule has 6 heteroatoms. The molecule has 1 unspecified atom stereocenters. The van der Waals surface area contributed by atoms with Crippen molar-refractivity contribution in [2.45, 2.75) is 39.3 Å². The minimum Gasteiger partial charge on any atom is -0.312 e. The van der Waals surface area contributed by atoms with Gasteiger partial charge in [0.1, 0.15) is 0 Å². The number of nitrogens with zero attached hydrogens (tertiary/aromatic N) is 2. The van der Waals surface area contributed by atoms with Gasteiger partial charge in [0.05, 0.1) is 20.2 Å². The fourth-order valence-corrected chi connectivity index (χ4v) is 4.15. The van der Waals surface area contributed by atoms with E-state index in [-0.39, 0.29) is 6.04 Å². The Balaban J connectivity index is 2.29. The van der Waals surface area contributed by atoms with Crippen LogP contribution < -0.4 is 5.32 Å². The highest BCUT2D eigenvalue weighted by Crippen LogP contribution is 2.31. The van der Waals surface area contributed by atoms with Gasteiger partial charge in [0.2, 0.25) is 0 Å². The Bertz CT molecular complexity index is 579. The maximum absolute atomic E-state index is 6.49. The van der Waals surface area contributed by atoms with E-state index < -0.39 is 0 Å². The molecule has 2 aromatic rings. The number of halogens is 2. The van der Waals surface area contributed by atoms with Gasteiger partial charge in [0.25, 0.3) is 0 Å². The van der Waals surface area contributed by atoms with Crippen molar-refractivity contribution < 1.29 is 0 Å². The zero-order valence-corrected chi connectivity index (χ0v) is 15.1. The monoisotopic (exact) mass is 375 g/mol. The zero-order chi connectivity index (χ0) is 14.7. The third-order valence-corrected chi connectivity index (χ3v) is 5.55. The lowest BCUT2D eigenvalue weighted by Crippen LogP contribution is -2.19. The quantitative estimate of drug-likeness (QED) is 0.807. The van der Waals surface area contributed by atoms with E-state index in [9.17, 15) is 0 Å². The van der Waals surface area contributed by atoms with Gasteiger partial charge in [-0.3, -0.25) is 4.68 Å². The summed E-state index contributed by atoms with van der Waals surface area (Å²) in [4.78, 5) is 1.30. The van der Waals surface area contributed by atoms with Crippen LogP contribution in [0.5, 0.6) is 0 Å². The second-order valence-corrected chi connectivity index (χ2v) is 7.44. The third kappa shape index (κ3) is 3.27. The summed E-state index contributed by atoms with van der Waals surface area (Å²) in [7, 11) is 1.99. The van der Waals surface area contributed by atoms with Gasteiger partial charge < -0.3 is 5.32 Å². The molecule has 1 N–H and O–H groups in total. The van der Waals surface area contributed by atoms with Crippen LogP contribution in [0, 0.1) is 0 Å². The number of aromatic nitrogens is 2. The van der Waals surface area contributed by atoms with Crippen LogP contribution in [0.25, 0.3) is 0 Å². The molecule has 0 fully saturated rings. The average molecular weight is 377 g/mol. The molecule has 0 radical (unpaired) electrons. The number of thiophene rings is 1. The lowest BCUT2D eigenvalue weighted by Gasteiger charge is -2.15. The van der Waals surface area contributed by atoms with E-state index in [4.69, 9.17) is 11.6 Å². The molecule has 0 saturated carbocycles. The molecule has 2 aromatic heterocycles. The van der Waals surface area contributed by atoms with Gasteiger partial charge in [-0.1, -0.05) is 18.5 Å². The van der Waals surface area contributed by atoms with Crippen molar-refractivity contribution in [1.29, 1.82) is 0 Å². The first-order valence-electron chi connectivity index (χ1n) is 6.77. The molecule has 0 bridgehead atoms. The highest BCUT2D eigenvalue weighted by Gasteiger charge is 2.20. The van der Waals surface area contributed by atoms with E-state index in [1.807, 2.05) is 11.7 Å². The molecular formula is C14H19BrClN3S. The number of likely N-dealkylation sites (N-methyl/N-ethyl adjacent to an activating group) is 1. The van der Waals surface area contributed by atoms with Crippen LogP contribution in [0.3, 0.4) is 0 Å². The summed E-state index contributed by atoms with van der Waals surface area (Å²) in [5, 5.41) is 8.78. The summed E-state index contributed by atoms with van der Waals surface area (Å²) in [5.74, 6) is 0. The topological polar surface area (TPSA) is 29.9 Å². The first kappa shape index (κ1) is 16.0. The zero-order valence-electron chi connectivity index (χ0n) is 11.9. The van der Waals surface area contributed by atoms with E-state index in [1.54, 1.807) is 11.3 Å². The van der Waals surface area contributed by atoms with Crippen molar-refractivity contribution in [3.8, 4) is 0 Å². The summed E-state index contributed by atoms with van der Waals surface area (Å²) in [6, 6.07) is 4.49. The maximum Gasteiger partial charge on any atom is 0.0850 e. The predicted molar refractivity (Wildman–Crippen MR) is 89.8 cm³/mol. The van der Waals surface area contributed by atoms with Crippen LogP contribution in [0.15, 0.2) is 15.9 Å². The van der Waals surface area contributed by atoms with Crippen molar-refractivity contribution in [3.05, 3.63) is 37.2 Å². The van der Waals surface area contributed by atoms with Crippen LogP contribution >= 0.6 is 38.9 Å². The molecule has 0 aliphatic heterocycles. The van der Waals surface area contributed by atoms with E-state index in [0.717, 1.165) is 39.6 Å². The largest absolute Gasteiger partial charge is 0.312 e. The second kappa shape index (κ2) is 7.07. The molecule has 2 heterocycles. The predicted octanol–water partition coefficient (Wildman–Crippen LogP) is 4.45. The number of aryl methyl sites for hydroxylation is 2. The number of hydrogen-bond acceptors (Lipinski definition) is 3. The Morgan fingerprint density at radius 1 is 1.45 bits per heavy atom. The molecule has 2 rings (SSSR count). The molecule has 0 aliphatic carbocycles. The third-order valence-electron chi connectivity index (χ3n) is 3.38. The van der Waals surface area contributed by atoms with Gasteiger partial charge in [-0.2, -0.15) is 5.10 Å². The van der Waals surface area contributed by atoms with E-state index in [1.165, 1.54) is 4.88 Å². The van der Waals surface area contributed by atoms with Crippen molar-refractivity contribution >= 4 is 38.9 Å². The van der Waals surface area contributed by atoms with Gasteiger partial charge >= 0.3 is 0 Å². The van der Waals surface area contributed by atoms with E-state index >= 15 is 0 Å². The smallest absolute Gasteiger partial charge is 0.0850 e. The Morgan fingerprint density at radius 3 is 2.70 bits per heavy atom. The molecule has 3 nitrogen and oxygen atoms in total. The Labute approximate surface area is 137 Å². The molecule has 0 saturated heterocycles. The Morgan fingerprint density at radius 2 is 2.20 bits per heavy atom. The van der Waals surface area contributed by atoms with Crippen LogP contribution in [0.2, 0.25) is 5.02 Å². The molecule has 0 aromatic carbocycles. The van der Waals surface area contributed by atoms with Crippen molar-refractivity contribution in [3.63, 3.8) is 0 Å². The van der Waals surface area contributed by atoms with Gasteiger partial charge in [-0.25, -0.2) is 0 Å². The fourth-order valence-electron chi connectivity index (χ4n) is 2.27. The summed E-state index contributed by atoms with van der Waals surface area (Å²) in [6.07, 6.45) is 1.72. The van der Waals surface area contributed by atoms with Crippen LogP contribution in [0.1, 0.15) is 36.2 Å². The lowest BCUT2D eigenvalue weighted by molar-refractivity contribution is 0.546. The van der Waals surface area contributed by atoms with Crippen LogP contribution in [-0.4, -0.2) is 16.8 Å². The van der Waals surface area contributed by atoms with E-state index in [0.29, 0.717) is 0 Å².